The van der Waals surface area contributed by atoms with Crippen LogP contribution in [0.25, 0.3) is 0 Å². The molecule has 1 aromatic rings. The summed E-state index contributed by atoms with van der Waals surface area (Å²) in [6.07, 6.45) is -2.56. The second-order valence-electron chi connectivity index (χ2n) is 7.16. The van der Waals surface area contributed by atoms with E-state index in [1.807, 2.05) is 0 Å². The van der Waals surface area contributed by atoms with Crippen LogP contribution in [0.5, 0.6) is 0 Å². The predicted octanol–water partition coefficient (Wildman–Crippen LogP) is 3.30. The third-order valence-corrected chi connectivity index (χ3v) is 3.76. The number of halogens is 1. The molecular formula is C19H25FN2O5. The molecular weight excluding hydrogens is 355 g/mol. The van der Waals surface area contributed by atoms with Crippen LogP contribution in [0, 0.1) is 0 Å². The fourth-order valence-corrected chi connectivity index (χ4v) is 2.59. The number of alkyl carbamates (subject to hydrolysis) is 1. The lowest BCUT2D eigenvalue weighted by Gasteiger charge is -2.27. The molecule has 148 valence electrons. The molecule has 1 aromatic carbocycles. The van der Waals surface area contributed by atoms with E-state index in [4.69, 9.17) is 14.3 Å². The third-order valence-electron chi connectivity index (χ3n) is 3.76. The van der Waals surface area contributed by atoms with Gasteiger partial charge in [-0.15, -0.1) is 0 Å². The Balaban J connectivity index is 2.10. The monoisotopic (exact) mass is 380 g/mol. The molecule has 27 heavy (non-hydrogen) atoms. The molecule has 0 fully saturated rings. The highest BCUT2D eigenvalue weighted by Crippen LogP contribution is 2.40. The second kappa shape index (κ2) is 8.37. The summed E-state index contributed by atoms with van der Waals surface area (Å²) in [6, 6.07) is 8.20. The van der Waals surface area contributed by atoms with Crippen LogP contribution in [-0.4, -0.2) is 42.1 Å². The average molecular weight is 380 g/mol. The number of ether oxygens (including phenoxy) is 2. The molecule has 1 aliphatic heterocycles. The summed E-state index contributed by atoms with van der Waals surface area (Å²) in [7, 11) is 0. The molecule has 0 saturated carbocycles. The van der Waals surface area contributed by atoms with Gasteiger partial charge in [-0.25, -0.2) is 14.0 Å². The Hall–Kier alpha value is -2.64. The molecule has 2 atom stereocenters. The number of benzene rings is 1. The molecule has 1 amide bonds. The van der Waals surface area contributed by atoms with Gasteiger partial charge in [0.25, 0.3) is 5.60 Å². The van der Waals surface area contributed by atoms with E-state index in [1.165, 1.54) is 0 Å². The molecule has 2 unspecified atom stereocenters. The number of amides is 1. The Bertz CT molecular complexity index is 702. The summed E-state index contributed by atoms with van der Waals surface area (Å²) in [6.45, 7) is 6.89. The van der Waals surface area contributed by atoms with E-state index in [0.29, 0.717) is 5.71 Å². The van der Waals surface area contributed by atoms with Crippen LogP contribution in [0.15, 0.2) is 35.5 Å². The summed E-state index contributed by atoms with van der Waals surface area (Å²) >= 11 is 0. The molecule has 0 bridgehead atoms. The summed E-state index contributed by atoms with van der Waals surface area (Å²) < 4.78 is 25.4. The molecule has 0 saturated heterocycles. The number of nitrogens with zero attached hydrogens (tertiary/aromatic N) is 1. The maximum absolute atomic E-state index is 15.3. The van der Waals surface area contributed by atoms with Gasteiger partial charge in [0, 0.05) is 6.42 Å². The molecule has 0 aromatic heterocycles. The van der Waals surface area contributed by atoms with Crippen LogP contribution in [0.4, 0.5) is 9.18 Å². The predicted molar refractivity (Wildman–Crippen MR) is 97.0 cm³/mol. The van der Waals surface area contributed by atoms with Gasteiger partial charge >= 0.3 is 12.1 Å². The number of oxime groups is 1. The van der Waals surface area contributed by atoms with Crippen LogP contribution < -0.4 is 5.32 Å². The van der Waals surface area contributed by atoms with Gasteiger partial charge in [-0.1, -0.05) is 35.5 Å². The van der Waals surface area contributed by atoms with E-state index in [9.17, 15) is 9.59 Å². The summed E-state index contributed by atoms with van der Waals surface area (Å²) in [5.74, 6) is -0.836. The second-order valence-corrected chi connectivity index (χ2v) is 7.16. The van der Waals surface area contributed by atoms with Crippen molar-refractivity contribution in [1.29, 1.82) is 0 Å². The zero-order valence-corrected chi connectivity index (χ0v) is 16.0. The maximum atomic E-state index is 15.3. The van der Waals surface area contributed by atoms with Crippen LogP contribution in [-0.2, 0) is 19.1 Å². The normalized spacial score (nSPS) is 20.3. The SMILES string of the molecule is CCOC(=O)C1(C(F)c2ccccc2)CC(CNC(=O)OC(C)(C)C)=NO1. The number of carbonyl (C=O) groups is 2. The van der Waals surface area contributed by atoms with Gasteiger partial charge in [0.2, 0.25) is 0 Å². The minimum Gasteiger partial charge on any atom is -0.463 e. The summed E-state index contributed by atoms with van der Waals surface area (Å²) in [5, 5.41) is 6.34. The van der Waals surface area contributed by atoms with Crippen molar-refractivity contribution in [2.24, 2.45) is 5.16 Å². The van der Waals surface area contributed by atoms with Gasteiger partial charge in [0.1, 0.15) is 5.60 Å². The van der Waals surface area contributed by atoms with Crippen LogP contribution in [0.1, 0.15) is 45.9 Å². The van der Waals surface area contributed by atoms with Crippen LogP contribution in [0.2, 0.25) is 0 Å². The number of alkyl halides is 1. The van der Waals surface area contributed by atoms with E-state index >= 15 is 4.39 Å². The van der Waals surface area contributed by atoms with Gasteiger partial charge in [0.15, 0.2) is 6.17 Å². The van der Waals surface area contributed by atoms with Gasteiger partial charge in [-0.05, 0) is 33.3 Å². The van der Waals surface area contributed by atoms with Crippen LogP contribution in [0.3, 0.4) is 0 Å². The van der Waals surface area contributed by atoms with Crippen molar-refractivity contribution in [1.82, 2.24) is 5.32 Å². The van der Waals surface area contributed by atoms with E-state index in [-0.39, 0.29) is 25.1 Å². The molecule has 0 aliphatic carbocycles. The van der Waals surface area contributed by atoms with Crippen molar-refractivity contribution in [2.45, 2.75) is 51.5 Å². The molecule has 8 heteroatoms. The van der Waals surface area contributed by atoms with Gasteiger partial charge < -0.3 is 19.6 Å². The fraction of sp³-hybridized carbons (Fsp3) is 0.526. The molecule has 0 radical (unpaired) electrons. The Morgan fingerprint density at radius 2 is 2.00 bits per heavy atom. The van der Waals surface area contributed by atoms with Crippen molar-refractivity contribution >= 4 is 17.8 Å². The van der Waals surface area contributed by atoms with E-state index < -0.39 is 29.4 Å². The van der Waals surface area contributed by atoms with Crippen molar-refractivity contribution in [3.05, 3.63) is 35.9 Å². The topological polar surface area (TPSA) is 86.2 Å². The first-order valence-electron chi connectivity index (χ1n) is 8.75. The molecule has 1 aliphatic rings. The van der Waals surface area contributed by atoms with Crippen molar-refractivity contribution in [2.75, 3.05) is 13.2 Å². The quantitative estimate of drug-likeness (QED) is 0.765. The highest BCUT2D eigenvalue weighted by Gasteiger charge is 2.55. The maximum Gasteiger partial charge on any atom is 0.407 e. The highest BCUT2D eigenvalue weighted by atomic mass is 19.1. The minimum atomic E-state index is -1.91. The Labute approximate surface area is 157 Å². The average Bonchev–Trinajstić information content (AvgIpc) is 3.04. The Morgan fingerprint density at radius 3 is 2.59 bits per heavy atom. The van der Waals surface area contributed by atoms with Crippen molar-refractivity contribution in [3.63, 3.8) is 0 Å². The molecule has 7 nitrogen and oxygen atoms in total. The standard InChI is InChI=1S/C19H25FN2O5/c1-5-25-16(23)19(15(20)13-9-7-6-8-10-13)11-14(22-27-19)12-21-17(24)26-18(2,3)4/h6-10,15H,5,11-12H2,1-4H3,(H,21,24). The van der Waals surface area contributed by atoms with Gasteiger partial charge in [-0.2, -0.15) is 0 Å². The number of carbonyl (C=O) groups excluding carboxylic acids is 2. The lowest BCUT2D eigenvalue weighted by molar-refractivity contribution is -0.178. The number of rotatable bonds is 6. The zero-order chi connectivity index (χ0) is 20.1. The molecule has 1 N–H and O–H groups in total. The number of hydrogen-bond acceptors (Lipinski definition) is 6. The van der Waals surface area contributed by atoms with E-state index in [1.54, 1.807) is 58.0 Å². The van der Waals surface area contributed by atoms with E-state index in [2.05, 4.69) is 10.5 Å². The molecule has 1 heterocycles. The van der Waals surface area contributed by atoms with E-state index in [0.717, 1.165) is 0 Å². The minimum absolute atomic E-state index is 0.0302. The lowest BCUT2D eigenvalue weighted by Crippen LogP contribution is -2.45. The van der Waals surface area contributed by atoms with Gasteiger partial charge in [0.05, 0.1) is 18.9 Å². The lowest BCUT2D eigenvalue weighted by atomic mass is 9.87. The summed E-state index contributed by atoms with van der Waals surface area (Å²) in [4.78, 5) is 29.5. The number of nitrogens with one attached hydrogen (secondary N) is 1. The number of hydrogen-bond donors (Lipinski definition) is 1. The Morgan fingerprint density at radius 1 is 1.33 bits per heavy atom. The summed E-state index contributed by atoms with van der Waals surface area (Å²) in [5.41, 5.74) is -1.97. The van der Waals surface area contributed by atoms with Gasteiger partial charge in [-0.3, -0.25) is 0 Å². The largest absolute Gasteiger partial charge is 0.463 e. The molecule has 2 rings (SSSR count). The molecule has 0 spiro atoms. The first kappa shape index (κ1) is 20.7. The number of esters is 1. The van der Waals surface area contributed by atoms with Crippen LogP contribution >= 0.6 is 0 Å². The first-order valence-corrected chi connectivity index (χ1v) is 8.75. The zero-order valence-electron chi connectivity index (χ0n) is 16.0. The van der Waals surface area contributed by atoms with Crippen molar-refractivity contribution in [3.8, 4) is 0 Å². The highest BCUT2D eigenvalue weighted by molar-refractivity contribution is 5.96. The first-order chi connectivity index (χ1) is 12.7. The Kier molecular flexibility index (Phi) is 6.41. The third kappa shape index (κ3) is 5.18. The van der Waals surface area contributed by atoms with Crippen molar-refractivity contribution < 1.29 is 28.3 Å². The fourth-order valence-electron chi connectivity index (χ4n) is 2.59. The smallest absolute Gasteiger partial charge is 0.407 e.